The van der Waals surface area contributed by atoms with Crippen LogP contribution in [0.3, 0.4) is 0 Å². The van der Waals surface area contributed by atoms with E-state index < -0.39 is 108 Å². The Morgan fingerprint density at radius 1 is 0.754 bits per heavy atom. The van der Waals surface area contributed by atoms with Crippen molar-refractivity contribution in [3.8, 4) is 11.5 Å². The Balaban J connectivity index is 1.49. The first-order valence-corrected chi connectivity index (χ1v) is 19.0. The molecule has 2 unspecified atom stereocenters. The monoisotopic (exact) mass is 849 g/mol. The molecule has 61 heavy (non-hydrogen) atoms. The number of aliphatic carboxylic acids is 2. The summed E-state index contributed by atoms with van der Waals surface area (Å²) in [5.41, 5.74) is 4.87. The summed E-state index contributed by atoms with van der Waals surface area (Å²) < 4.78 is 0. The van der Waals surface area contributed by atoms with Crippen molar-refractivity contribution in [2.75, 3.05) is 24.1 Å². The molecule has 326 valence electrons. The number of nitrogens with zero attached hydrogens (tertiary/aromatic N) is 1. The zero-order valence-electron chi connectivity index (χ0n) is 33.3. The van der Waals surface area contributed by atoms with Gasteiger partial charge in [-0.2, -0.15) is 0 Å². The van der Waals surface area contributed by atoms with Gasteiger partial charge in [-0.1, -0.05) is 20.3 Å². The number of hydrogen-bond donors (Lipinski definition) is 12. The lowest BCUT2D eigenvalue weighted by Gasteiger charge is -2.27. The number of rotatable bonds is 21. The van der Waals surface area contributed by atoms with Gasteiger partial charge in [-0.3, -0.25) is 43.2 Å². The fourth-order valence-corrected chi connectivity index (χ4v) is 6.51. The normalized spacial score (nSPS) is 14.1. The van der Waals surface area contributed by atoms with Crippen LogP contribution < -0.4 is 37.6 Å². The Morgan fingerprint density at radius 2 is 1.36 bits per heavy atom. The molecule has 0 spiro atoms. The van der Waals surface area contributed by atoms with Gasteiger partial charge in [-0.15, -0.1) is 0 Å². The highest BCUT2D eigenvalue weighted by Gasteiger charge is 2.38. The molecule has 13 N–H and O–H groups in total. The number of carboxylic acid groups (broad SMARTS) is 2. The third kappa shape index (κ3) is 11.6. The number of benzene rings is 2. The molecule has 5 amide bonds. The molecule has 1 aliphatic rings. The number of carbonyl (C=O) groups excluding carboxylic acids is 7. The quantitative estimate of drug-likeness (QED) is 0.0280. The molecule has 0 fully saturated rings. The highest BCUT2D eigenvalue weighted by molar-refractivity contribution is 6.33. The number of nitrogens with one attached hydrogen (secondary N) is 7. The number of aromatic hydroxyl groups is 2. The van der Waals surface area contributed by atoms with Gasteiger partial charge in [-0.25, -0.2) is 4.98 Å². The van der Waals surface area contributed by atoms with E-state index in [1.165, 1.54) is 31.6 Å². The summed E-state index contributed by atoms with van der Waals surface area (Å²) >= 11 is 0. The Labute approximate surface area is 347 Å². The number of aromatic nitrogens is 2. The fourth-order valence-electron chi connectivity index (χ4n) is 6.51. The van der Waals surface area contributed by atoms with E-state index >= 15 is 0 Å². The van der Waals surface area contributed by atoms with Crippen molar-refractivity contribution >= 4 is 64.4 Å². The van der Waals surface area contributed by atoms with Gasteiger partial charge in [0, 0.05) is 50.4 Å². The third-order valence-corrected chi connectivity index (χ3v) is 9.79. The number of imidazole rings is 1. The molecule has 3 aromatic rings. The van der Waals surface area contributed by atoms with Crippen molar-refractivity contribution in [3.63, 3.8) is 0 Å². The molecule has 0 bridgehead atoms. The fraction of sp³-hybridized carbons (Fsp3) is 0.385. The van der Waals surface area contributed by atoms with Crippen LogP contribution in [0.2, 0.25) is 0 Å². The molecular formula is C39H47N9O13. The van der Waals surface area contributed by atoms with E-state index in [1.54, 1.807) is 13.8 Å². The summed E-state index contributed by atoms with van der Waals surface area (Å²) in [6.45, 7) is 4.27. The van der Waals surface area contributed by atoms with Crippen molar-refractivity contribution in [1.29, 1.82) is 0 Å². The van der Waals surface area contributed by atoms with Crippen LogP contribution in [0.4, 0.5) is 11.4 Å². The maximum atomic E-state index is 13.8. The number of carbonyl (C=O) groups is 9. The number of amides is 5. The second-order valence-electron chi connectivity index (χ2n) is 14.2. The average Bonchev–Trinajstić information content (AvgIpc) is 3.72. The molecule has 4 rings (SSSR count). The lowest BCUT2D eigenvalue weighted by Crippen LogP contribution is -2.59. The topological polar surface area (TPSA) is 361 Å². The summed E-state index contributed by atoms with van der Waals surface area (Å²) in [6.07, 6.45) is 0.930. The van der Waals surface area contributed by atoms with Gasteiger partial charge in [0.1, 0.15) is 35.7 Å². The predicted octanol–water partition coefficient (Wildman–Crippen LogP) is -0.706. The Hall–Kier alpha value is -7.52. The number of anilines is 2. The van der Waals surface area contributed by atoms with E-state index in [9.17, 15) is 63.6 Å². The lowest BCUT2D eigenvalue weighted by atomic mass is 9.81. The van der Waals surface area contributed by atoms with Crippen molar-refractivity contribution < 1.29 is 63.6 Å². The van der Waals surface area contributed by atoms with Crippen molar-refractivity contribution in [2.24, 2.45) is 5.92 Å². The molecule has 1 aromatic heterocycles. The van der Waals surface area contributed by atoms with Gasteiger partial charge in [0.25, 0.3) is 0 Å². The zero-order chi connectivity index (χ0) is 45.1. The second kappa shape index (κ2) is 20.4. The predicted molar refractivity (Wildman–Crippen MR) is 213 cm³/mol. The van der Waals surface area contributed by atoms with Crippen molar-refractivity contribution in [2.45, 2.75) is 77.0 Å². The molecule has 5 atom stereocenters. The zero-order valence-corrected chi connectivity index (χ0v) is 33.3. The van der Waals surface area contributed by atoms with Crippen molar-refractivity contribution in [1.82, 2.24) is 36.6 Å². The smallest absolute Gasteiger partial charge is 0.305 e. The van der Waals surface area contributed by atoms with E-state index in [1.807, 2.05) is 0 Å². The van der Waals surface area contributed by atoms with Gasteiger partial charge in [0.2, 0.25) is 41.1 Å². The molecule has 2 aromatic carbocycles. The number of fused-ring (bicyclic) bond motifs is 2. The van der Waals surface area contributed by atoms with Crippen LogP contribution in [0.5, 0.6) is 11.5 Å². The molecule has 0 saturated heterocycles. The SMILES string of the molecule is CCC(C)C(NC(C)=O)C(=O)N[C@@H](CCC(=O)O)C(=O)N[C@@H](Cc1c[nH]cn1)C(=O)N[C@@H](CC(=O)O)C(=O)NCCNc1ccc(O)c2c1C(=O)c1c(O)ccc(N)c1C2=O. The van der Waals surface area contributed by atoms with E-state index in [0.717, 1.165) is 12.1 Å². The van der Waals surface area contributed by atoms with Gasteiger partial charge in [-0.05, 0) is 36.6 Å². The van der Waals surface area contributed by atoms with Crippen LogP contribution in [-0.2, 0) is 40.0 Å². The summed E-state index contributed by atoms with van der Waals surface area (Å²) in [5, 5.41) is 54.9. The number of nitrogens with two attached hydrogens (primary N) is 1. The van der Waals surface area contributed by atoms with Gasteiger partial charge >= 0.3 is 11.9 Å². The minimum absolute atomic E-state index is 0.0450. The van der Waals surface area contributed by atoms with Crippen LogP contribution >= 0.6 is 0 Å². The standard InChI is InChI=1S/C39H47N9O13/c1-4-17(2)33(45-18(3)49)39(61)46-22(7-10-27(52)53)37(59)47-23(13-19-15-41-16-44-19)38(60)48-24(14-28(54)55)36(58)43-12-11-42-21-6-9-26(51)32-30(21)35(57)31-25(50)8-5-20(40)29(31)34(32)56/h5-6,8-9,15-17,22-24,33,42,50-51H,4,7,10-14,40H2,1-3H3,(H,41,44)(H,43,58)(H,45,49)(H,46,61)(H,47,59)(H,48,60)(H,52,53)(H,54,55)/t17?,22-,23-,24-,33?/m0/s1. The van der Waals surface area contributed by atoms with Crippen LogP contribution in [0.1, 0.15) is 84.0 Å². The maximum absolute atomic E-state index is 13.8. The van der Waals surface area contributed by atoms with E-state index in [2.05, 4.69) is 41.9 Å². The maximum Gasteiger partial charge on any atom is 0.305 e. The Bertz CT molecular complexity index is 2210. The number of ketones is 2. The summed E-state index contributed by atoms with van der Waals surface area (Å²) in [4.78, 5) is 123. The molecule has 0 saturated carbocycles. The number of aromatic amines is 1. The molecule has 1 heterocycles. The molecule has 22 heteroatoms. The highest BCUT2D eigenvalue weighted by atomic mass is 16.4. The number of phenols is 2. The first kappa shape index (κ1) is 46.2. The first-order chi connectivity index (χ1) is 28.8. The number of H-pyrrole nitrogens is 1. The van der Waals surface area contributed by atoms with Crippen LogP contribution in [-0.4, -0.2) is 121 Å². The number of carboxylic acids is 2. The summed E-state index contributed by atoms with van der Waals surface area (Å²) in [5.74, 6) is -10.1. The summed E-state index contributed by atoms with van der Waals surface area (Å²) in [7, 11) is 0. The Morgan fingerprint density at radius 3 is 1.97 bits per heavy atom. The minimum atomic E-state index is -1.72. The van der Waals surface area contributed by atoms with E-state index in [0.29, 0.717) is 6.42 Å². The molecular weight excluding hydrogens is 802 g/mol. The molecule has 1 aliphatic carbocycles. The average molecular weight is 850 g/mol. The van der Waals surface area contributed by atoms with E-state index in [4.69, 9.17) is 5.73 Å². The van der Waals surface area contributed by atoms with Gasteiger partial charge < -0.3 is 63.0 Å². The highest BCUT2D eigenvalue weighted by Crippen LogP contribution is 2.41. The number of hydrogen-bond acceptors (Lipinski definition) is 14. The molecule has 0 radical (unpaired) electrons. The van der Waals surface area contributed by atoms with Crippen LogP contribution in [0, 0.1) is 5.92 Å². The molecule has 0 aliphatic heterocycles. The lowest BCUT2D eigenvalue weighted by molar-refractivity contribution is -0.141. The minimum Gasteiger partial charge on any atom is -0.507 e. The van der Waals surface area contributed by atoms with Crippen LogP contribution in [0.25, 0.3) is 0 Å². The second-order valence-corrected chi connectivity index (χ2v) is 14.2. The third-order valence-electron chi connectivity index (χ3n) is 9.79. The Kier molecular flexibility index (Phi) is 15.5. The number of nitrogen functional groups attached to an aromatic ring is 1. The summed E-state index contributed by atoms with van der Waals surface area (Å²) in [6, 6.07) is -1.03. The van der Waals surface area contributed by atoms with Gasteiger partial charge in [0.15, 0.2) is 0 Å². The van der Waals surface area contributed by atoms with Crippen LogP contribution in [0.15, 0.2) is 36.8 Å². The number of phenolic OH excluding ortho intramolecular Hbond substituents is 2. The largest absolute Gasteiger partial charge is 0.507 e. The van der Waals surface area contributed by atoms with Gasteiger partial charge in [0.05, 0.1) is 40.7 Å². The first-order valence-electron chi connectivity index (χ1n) is 19.0. The van der Waals surface area contributed by atoms with Crippen molar-refractivity contribution in [3.05, 3.63) is 64.7 Å². The van der Waals surface area contributed by atoms with E-state index in [-0.39, 0.29) is 64.8 Å². The molecule has 22 nitrogen and oxygen atoms in total.